The number of amides is 5. The first-order valence-electron chi connectivity index (χ1n) is 11.1. The summed E-state index contributed by atoms with van der Waals surface area (Å²) in [5.41, 5.74) is 1.84. The van der Waals surface area contributed by atoms with E-state index in [4.69, 9.17) is 0 Å². The Morgan fingerprint density at radius 3 is 1.97 bits per heavy atom. The molecular weight excluding hydrogens is 454 g/mol. The molecule has 0 atom stereocenters. The van der Waals surface area contributed by atoms with E-state index in [0.29, 0.717) is 17.9 Å². The molecule has 0 fully saturated rings. The highest BCUT2D eigenvalue weighted by molar-refractivity contribution is 6.08. The number of hydrogen-bond donors (Lipinski definition) is 3. The van der Waals surface area contributed by atoms with Gasteiger partial charge in [0.25, 0.3) is 5.91 Å². The molecule has 5 amide bonds. The molecule has 3 rings (SSSR count). The molecule has 0 aliphatic rings. The van der Waals surface area contributed by atoms with Gasteiger partial charge < -0.3 is 10.6 Å². The minimum Gasteiger partial charge on any atom is -0.308 e. The van der Waals surface area contributed by atoms with Crippen LogP contribution in [0.25, 0.3) is 0 Å². The SMILES string of the molecule is CCCCN(C(=O)Nc1ccc(NC(=O)NC(=O)c2c(F)cccc2F)cc1)c1ccc(C)cc1. The number of rotatable bonds is 7. The summed E-state index contributed by atoms with van der Waals surface area (Å²) in [6, 6.07) is 15.6. The van der Waals surface area contributed by atoms with Crippen LogP contribution >= 0.6 is 0 Å². The van der Waals surface area contributed by atoms with E-state index in [1.807, 2.05) is 43.4 Å². The van der Waals surface area contributed by atoms with Crippen molar-refractivity contribution >= 4 is 35.0 Å². The fourth-order valence-electron chi connectivity index (χ4n) is 3.26. The number of anilines is 3. The van der Waals surface area contributed by atoms with Gasteiger partial charge in [0.05, 0.1) is 0 Å². The molecular formula is C26H26F2N4O3. The quantitative estimate of drug-likeness (QED) is 0.383. The number of urea groups is 2. The Morgan fingerprint density at radius 1 is 0.829 bits per heavy atom. The molecule has 7 nitrogen and oxygen atoms in total. The van der Waals surface area contributed by atoms with Crippen LogP contribution in [0, 0.1) is 18.6 Å². The molecule has 0 spiro atoms. The van der Waals surface area contributed by atoms with Gasteiger partial charge in [-0.3, -0.25) is 15.0 Å². The summed E-state index contributed by atoms with van der Waals surface area (Å²) >= 11 is 0. The first-order chi connectivity index (χ1) is 16.8. The Labute approximate surface area is 202 Å². The molecule has 9 heteroatoms. The Balaban J connectivity index is 1.61. The number of halogens is 2. The first kappa shape index (κ1) is 25.4. The second-order valence-electron chi connectivity index (χ2n) is 7.85. The lowest BCUT2D eigenvalue weighted by Gasteiger charge is -2.23. The standard InChI is InChI=1S/C26H26F2N4O3/c1-3-4-16-32(20-14-8-17(2)9-15-20)26(35)30-19-12-10-18(11-13-19)29-25(34)31-24(33)23-21(27)6-5-7-22(23)28/h5-15H,3-4,16H2,1-2H3,(H,30,35)(H2,29,31,33,34). The number of hydrogen-bond acceptors (Lipinski definition) is 3. The summed E-state index contributed by atoms with van der Waals surface area (Å²) in [6.45, 7) is 4.58. The summed E-state index contributed by atoms with van der Waals surface area (Å²) in [4.78, 5) is 38.7. The van der Waals surface area contributed by atoms with E-state index < -0.39 is 29.1 Å². The van der Waals surface area contributed by atoms with Crippen LogP contribution in [0.15, 0.2) is 66.7 Å². The summed E-state index contributed by atoms with van der Waals surface area (Å²) in [5, 5.41) is 7.12. The van der Waals surface area contributed by atoms with E-state index in [-0.39, 0.29) is 6.03 Å². The zero-order chi connectivity index (χ0) is 25.4. The fourth-order valence-corrected chi connectivity index (χ4v) is 3.26. The molecule has 0 saturated heterocycles. The highest BCUT2D eigenvalue weighted by Gasteiger charge is 2.19. The van der Waals surface area contributed by atoms with Crippen LogP contribution in [0.4, 0.5) is 35.4 Å². The third kappa shape index (κ3) is 6.86. The number of nitrogens with zero attached hydrogens (tertiary/aromatic N) is 1. The van der Waals surface area contributed by atoms with E-state index >= 15 is 0 Å². The van der Waals surface area contributed by atoms with Gasteiger partial charge in [-0.1, -0.05) is 37.1 Å². The van der Waals surface area contributed by atoms with Crippen molar-refractivity contribution in [3.8, 4) is 0 Å². The number of imide groups is 1. The first-order valence-corrected chi connectivity index (χ1v) is 11.1. The Kier molecular flexibility index (Phi) is 8.50. The Morgan fingerprint density at radius 2 is 1.40 bits per heavy atom. The highest BCUT2D eigenvalue weighted by atomic mass is 19.1. The van der Waals surface area contributed by atoms with E-state index in [1.165, 1.54) is 12.1 Å². The van der Waals surface area contributed by atoms with Gasteiger partial charge in [0.15, 0.2) is 0 Å². The second-order valence-corrected chi connectivity index (χ2v) is 7.85. The number of carbonyl (C=O) groups is 3. The average Bonchev–Trinajstić information content (AvgIpc) is 2.81. The van der Waals surface area contributed by atoms with E-state index in [2.05, 4.69) is 10.6 Å². The maximum absolute atomic E-state index is 13.7. The zero-order valence-electron chi connectivity index (χ0n) is 19.4. The van der Waals surface area contributed by atoms with Crippen molar-refractivity contribution in [2.24, 2.45) is 0 Å². The minimum atomic E-state index is -1.20. The van der Waals surface area contributed by atoms with Gasteiger partial charge in [0.2, 0.25) is 0 Å². The zero-order valence-corrected chi connectivity index (χ0v) is 19.4. The molecule has 0 heterocycles. The normalized spacial score (nSPS) is 10.4. The molecule has 0 aromatic heterocycles. The lowest BCUT2D eigenvalue weighted by Crippen LogP contribution is -2.36. The Bertz CT molecular complexity index is 1180. The van der Waals surface area contributed by atoms with Crippen molar-refractivity contribution < 1.29 is 23.2 Å². The van der Waals surface area contributed by atoms with Gasteiger partial charge in [0, 0.05) is 23.6 Å². The van der Waals surface area contributed by atoms with Crippen LogP contribution in [0.1, 0.15) is 35.7 Å². The molecule has 3 aromatic rings. The molecule has 3 N–H and O–H groups in total. The maximum Gasteiger partial charge on any atom is 0.326 e. The smallest absolute Gasteiger partial charge is 0.308 e. The van der Waals surface area contributed by atoms with Crippen LogP contribution in [-0.4, -0.2) is 24.5 Å². The molecule has 182 valence electrons. The predicted octanol–water partition coefficient (Wildman–Crippen LogP) is 6.07. The average molecular weight is 481 g/mol. The van der Waals surface area contributed by atoms with Crippen LogP contribution < -0.4 is 20.9 Å². The van der Waals surface area contributed by atoms with Crippen LogP contribution in [0.5, 0.6) is 0 Å². The van der Waals surface area contributed by atoms with Gasteiger partial charge >= 0.3 is 12.1 Å². The van der Waals surface area contributed by atoms with Gasteiger partial charge in [0.1, 0.15) is 17.2 Å². The molecule has 0 unspecified atom stereocenters. The maximum atomic E-state index is 13.7. The van der Waals surface area contributed by atoms with Crippen molar-refractivity contribution in [2.45, 2.75) is 26.7 Å². The number of aryl methyl sites for hydroxylation is 1. The lowest BCUT2D eigenvalue weighted by atomic mass is 10.2. The third-order valence-electron chi connectivity index (χ3n) is 5.14. The van der Waals surface area contributed by atoms with E-state index in [9.17, 15) is 23.2 Å². The predicted molar refractivity (Wildman–Crippen MR) is 132 cm³/mol. The number of nitrogens with one attached hydrogen (secondary N) is 3. The van der Waals surface area contributed by atoms with E-state index in [0.717, 1.165) is 42.3 Å². The van der Waals surface area contributed by atoms with Crippen LogP contribution in [0.3, 0.4) is 0 Å². The molecule has 35 heavy (non-hydrogen) atoms. The van der Waals surface area contributed by atoms with Crippen molar-refractivity contribution in [1.29, 1.82) is 0 Å². The highest BCUT2D eigenvalue weighted by Crippen LogP contribution is 2.19. The third-order valence-corrected chi connectivity index (χ3v) is 5.14. The van der Waals surface area contributed by atoms with Gasteiger partial charge in [-0.15, -0.1) is 0 Å². The topological polar surface area (TPSA) is 90.5 Å². The molecule has 0 bridgehead atoms. The van der Waals surface area contributed by atoms with Crippen LogP contribution in [-0.2, 0) is 0 Å². The lowest BCUT2D eigenvalue weighted by molar-refractivity contribution is 0.0959. The van der Waals surface area contributed by atoms with Gasteiger partial charge in [-0.2, -0.15) is 0 Å². The number of carbonyl (C=O) groups excluding carboxylic acids is 3. The summed E-state index contributed by atoms with van der Waals surface area (Å²) in [7, 11) is 0. The van der Waals surface area contributed by atoms with Crippen LogP contribution in [0.2, 0.25) is 0 Å². The second kappa shape index (κ2) is 11.7. The fraction of sp³-hybridized carbons (Fsp3) is 0.192. The summed E-state index contributed by atoms with van der Waals surface area (Å²) < 4.78 is 27.4. The Hall–Kier alpha value is -4.27. The molecule has 0 aliphatic heterocycles. The number of unbranched alkanes of at least 4 members (excludes halogenated alkanes) is 1. The summed E-state index contributed by atoms with van der Waals surface area (Å²) in [6.07, 6.45) is 1.78. The van der Waals surface area contributed by atoms with Crippen molar-refractivity contribution in [1.82, 2.24) is 5.32 Å². The molecule has 3 aromatic carbocycles. The largest absolute Gasteiger partial charge is 0.326 e. The molecule has 0 saturated carbocycles. The molecule has 0 radical (unpaired) electrons. The van der Waals surface area contributed by atoms with E-state index in [1.54, 1.807) is 17.0 Å². The minimum absolute atomic E-state index is 0.293. The van der Waals surface area contributed by atoms with Crippen molar-refractivity contribution in [3.63, 3.8) is 0 Å². The van der Waals surface area contributed by atoms with Gasteiger partial charge in [-0.05, 0) is 61.9 Å². The monoisotopic (exact) mass is 480 g/mol. The number of benzene rings is 3. The summed E-state index contributed by atoms with van der Waals surface area (Å²) in [5.74, 6) is -3.35. The van der Waals surface area contributed by atoms with Crippen molar-refractivity contribution in [2.75, 3.05) is 22.1 Å². The molecule has 0 aliphatic carbocycles. The van der Waals surface area contributed by atoms with Crippen molar-refractivity contribution in [3.05, 3.63) is 89.5 Å². The van der Waals surface area contributed by atoms with Gasteiger partial charge in [-0.25, -0.2) is 18.4 Å².